The van der Waals surface area contributed by atoms with Crippen molar-refractivity contribution in [1.29, 1.82) is 0 Å². The van der Waals surface area contributed by atoms with Crippen molar-refractivity contribution in [3.05, 3.63) is 72.1 Å². The van der Waals surface area contributed by atoms with Gasteiger partial charge in [-0.3, -0.25) is 72.1 Å². The van der Waals surface area contributed by atoms with Crippen molar-refractivity contribution >= 4 is 110 Å². The molecule has 121 heavy (non-hydrogen) atoms. The van der Waals surface area contributed by atoms with Gasteiger partial charge in [0.2, 0.25) is 82.7 Å². The van der Waals surface area contributed by atoms with Crippen molar-refractivity contribution in [2.45, 2.75) is 253 Å². The summed E-state index contributed by atoms with van der Waals surface area (Å²) in [4.78, 5) is 221. The lowest BCUT2D eigenvalue weighted by atomic mass is 9.99. The minimum atomic E-state index is -1.76. The third-order valence-electron chi connectivity index (χ3n) is 21.8. The molecule has 3 aliphatic heterocycles. The van der Waals surface area contributed by atoms with Crippen molar-refractivity contribution in [2.75, 3.05) is 58.9 Å². The zero-order valence-corrected chi connectivity index (χ0v) is 69.8. The maximum absolute atomic E-state index is 15.2. The highest BCUT2D eigenvalue weighted by Gasteiger charge is 2.46. The van der Waals surface area contributed by atoms with Crippen molar-refractivity contribution in [2.24, 2.45) is 56.8 Å². The molecule has 40 heteroatoms. The third kappa shape index (κ3) is 28.9. The molecule has 0 unspecified atom stereocenters. The molecule has 7 rings (SSSR count). The molecule has 3 fully saturated rings. The van der Waals surface area contributed by atoms with E-state index in [4.69, 9.17) is 45.9 Å². The fraction of sp³-hybridized carbons (Fsp3) is 0.617. The molecule has 31 N–H and O–H groups in total. The number of para-hydroxylation sites is 2. The minimum Gasteiger partial charge on any atom is -0.391 e. The second-order valence-electron chi connectivity index (χ2n) is 31.7. The summed E-state index contributed by atoms with van der Waals surface area (Å²) in [5.41, 5.74) is 49.8. The lowest BCUT2D eigenvalue weighted by molar-refractivity contribution is -0.148. The van der Waals surface area contributed by atoms with E-state index in [1.165, 1.54) is 23.6 Å². The standard InChI is InChI=1S/C81H129N25O15/c1-45(2)40-61-74(115)99-59(30-36-87)73(114)95-55(24-13-33-84)70(111)94-54(22-9-11-31-82)69(110)96-57(26-15-37-90-81(88)89)72(113)102-62(41-48-43-91-52-20-7-5-18-50(48)52)75(116)97-56(25-14-34-85)71(112)98-58(29-35-86)68(109)93-46(3)67(108)100-60(23-10-12-32-83)79(120)106-39-17-28-65(106)80(121)105-38-16-27-64(105)77(118)104-66(47(4)107)78(119)103-63(76(117)101-61)42-49-44-92-53-21-8-6-19-51(49)53/h5-8,18-21,43-47,54-66,91-92,107H,9-17,22-42,82-87H2,1-4H3,(H,93,109)(H,94,111)(H,95,114)(H,96,110)(H,97,116)(H,98,112)(H,99,115)(H,100,108)(H,101,117)(H,102,113)(H,103,119)(H,104,118)(H4,88,89,90)/t46-,47+,54-,55-,56-,57-,58-,59-,60-,61-,62-,63-,64-,65+,66-/m0/s1. The number of nitrogens with two attached hydrogens (primary N) is 8. The van der Waals surface area contributed by atoms with Gasteiger partial charge in [-0.15, -0.1) is 0 Å². The zero-order valence-electron chi connectivity index (χ0n) is 69.8. The summed E-state index contributed by atoms with van der Waals surface area (Å²) >= 11 is 0. The number of carbonyl (C=O) groups is 14. The van der Waals surface area contributed by atoms with Gasteiger partial charge in [-0.05, 0) is 204 Å². The molecule has 3 aliphatic rings. The van der Waals surface area contributed by atoms with Gasteiger partial charge in [0.05, 0.1) is 6.10 Å². The first-order valence-corrected chi connectivity index (χ1v) is 42.3. The van der Waals surface area contributed by atoms with Crippen LogP contribution < -0.4 is 110 Å². The second kappa shape index (κ2) is 49.1. The van der Waals surface area contributed by atoms with E-state index in [1.54, 1.807) is 74.8 Å². The number of unbranched alkanes of at least 4 members (excludes halogenated alkanes) is 2. The SMILES string of the molecule is CC(C)C[C@@H]1NC(=O)[C@H](Cc2c[nH]c3ccccc23)NC(=O)[C@H]([C@@H](C)O)NC(=O)[C@@H]2CCCN2C(=O)[C@H]2CCCN2C(=O)[C@H](CCCCN)NC(=O)[C@H](C)NC(=O)[C@H](CCN)NC(=O)[C@H](CCCN)NC(=O)[C@H](Cc2c[nH]c3ccccc23)NC(=O)[C@H](CCCN=C(N)N)NC(=O)[C@H](CCCCN)NC(=O)[C@H](CCCN)NC(=O)[C@H](CCN)NC1=O. The summed E-state index contributed by atoms with van der Waals surface area (Å²) in [5, 5.41) is 45.4. The number of aliphatic imine (C=N–C) groups is 1. The van der Waals surface area contributed by atoms with Gasteiger partial charge in [-0.1, -0.05) is 50.2 Å². The maximum atomic E-state index is 15.2. The van der Waals surface area contributed by atoms with Crippen LogP contribution in [0.4, 0.5) is 0 Å². The highest BCUT2D eigenvalue weighted by molar-refractivity contribution is 6.02. The van der Waals surface area contributed by atoms with E-state index in [0.29, 0.717) is 65.0 Å². The summed E-state index contributed by atoms with van der Waals surface area (Å²) < 4.78 is 0. The molecule has 0 bridgehead atoms. The summed E-state index contributed by atoms with van der Waals surface area (Å²) in [7, 11) is 0. The molecule has 2 aromatic carbocycles. The Kier molecular flexibility index (Phi) is 39.5. The first-order valence-electron chi connectivity index (χ1n) is 42.3. The van der Waals surface area contributed by atoms with Gasteiger partial charge in [-0.2, -0.15) is 0 Å². The van der Waals surface area contributed by atoms with E-state index in [-0.39, 0.29) is 174 Å². The number of nitrogens with zero attached hydrogens (tertiary/aromatic N) is 3. The molecule has 3 saturated heterocycles. The van der Waals surface area contributed by atoms with E-state index >= 15 is 19.2 Å². The topological polar surface area (TPSA) is 662 Å². The smallest absolute Gasteiger partial charge is 0.246 e. The summed E-state index contributed by atoms with van der Waals surface area (Å²) in [6.07, 6.45) is 3.11. The number of H-pyrrole nitrogens is 2. The Morgan fingerprint density at radius 2 is 0.760 bits per heavy atom. The second-order valence-corrected chi connectivity index (χ2v) is 31.7. The van der Waals surface area contributed by atoms with Crippen LogP contribution in [0, 0.1) is 5.92 Å². The molecule has 40 nitrogen and oxygen atoms in total. The van der Waals surface area contributed by atoms with Crippen molar-refractivity contribution in [3.8, 4) is 0 Å². The predicted molar refractivity (Wildman–Crippen MR) is 453 cm³/mol. The highest BCUT2D eigenvalue weighted by atomic mass is 16.3. The van der Waals surface area contributed by atoms with Gasteiger partial charge >= 0.3 is 0 Å². The Morgan fingerprint density at radius 3 is 1.20 bits per heavy atom. The zero-order chi connectivity index (χ0) is 88.4. The number of aromatic amines is 2. The van der Waals surface area contributed by atoms with Crippen LogP contribution in [0.1, 0.15) is 161 Å². The number of fused-ring (bicyclic) bond motifs is 4. The Bertz CT molecular complexity index is 4190. The number of aliphatic hydroxyl groups is 1. The first kappa shape index (κ1) is 97.2. The molecule has 668 valence electrons. The number of amides is 14. The van der Waals surface area contributed by atoms with E-state index in [2.05, 4.69) is 78.8 Å². The summed E-state index contributed by atoms with van der Waals surface area (Å²) in [6, 6.07) is -5.69. The fourth-order valence-corrected chi connectivity index (χ4v) is 15.3. The number of hydrogen-bond donors (Lipinski definition) is 23. The van der Waals surface area contributed by atoms with Crippen molar-refractivity contribution < 1.29 is 72.2 Å². The largest absolute Gasteiger partial charge is 0.391 e. The molecule has 15 atom stereocenters. The summed E-state index contributed by atoms with van der Waals surface area (Å²) in [6.45, 7) is 6.38. The number of hydrogen-bond acceptors (Lipinski definition) is 22. The normalized spacial score (nSPS) is 25.5. The molecule has 0 spiro atoms. The number of rotatable bonds is 29. The Balaban J connectivity index is 1.29. The first-order chi connectivity index (χ1) is 57.9. The number of carbonyl (C=O) groups excluding carboxylic acids is 14. The van der Waals surface area contributed by atoms with Gasteiger partial charge in [0.15, 0.2) is 5.96 Å². The van der Waals surface area contributed by atoms with E-state index < -0.39 is 173 Å². The van der Waals surface area contributed by atoms with Gasteiger partial charge < -0.3 is 135 Å². The average molecular weight is 1690 g/mol. The van der Waals surface area contributed by atoms with Crippen molar-refractivity contribution in [1.82, 2.24) is 83.6 Å². The number of nitrogens with one attached hydrogen (secondary N) is 14. The van der Waals surface area contributed by atoms with E-state index in [0.717, 1.165) is 0 Å². The molecule has 0 aliphatic carbocycles. The minimum absolute atomic E-state index is 0.0337. The van der Waals surface area contributed by atoms with Crippen LogP contribution in [0.5, 0.6) is 0 Å². The number of aliphatic hydroxyl groups excluding tert-OH is 1. The lowest BCUT2D eigenvalue weighted by Gasteiger charge is -2.34. The average Bonchev–Trinajstić information content (AvgIpc) is 1.68. The summed E-state index contributed by atoms with van der Waals surface area (Å²) in [5.74, 6) is -12.5. The van der Waals surface area contributed by atoms with Crippen LogP contribution in [0.25, 0.3) is 21.8 Å². The third-order valence-corrected chi connectivity index (χ3v) is 21.8. The quantitative estimate of drug-likeness (QED) is 0.0138. The van der Waals surface area contributed by atoms with Gasteiger partial charge in [0.1, 0.15) is 84.6 Å². The van der Waals surface area contributed by atoms with Gasteiger partial charge in [-0.25, -0.2) is 0 Å². The Labute approximate surface area is 704 Å². The molecule has 0 saturated carbocycles. The molecule has 0 radical (unpaired) electrons. The lowest BCUT2D eigenvalue weighted by Crippen LogP contribution is -2.62. The highest BCUT2D eigenvalue weighted by Crippen LogP contribution is 2.28. The molecule has 2 aromatic heterocycles. The number of aromatic nitrogens is 2. The van der Waals surface area contributed by atoms with E-state index in [9.17, 15) is 53.1 Å². The van der Waals surface area contributed by atoms with Crippen LogP contribution >= 0.6 is 0 Å². The number of benzene rings is 2. The van der Waals surface area contributed by atoms with Crippen LogP contribution in [-0.4, -0.2) is 263 Å². The Hall–Kier alpha value is -10.9. The molecular formula is C81H129N25O15. The van der Waals surface area contributed by atoms with E-state index in [1.807, 2.05) is 0 Å². The molecule has 14 amide bonds. The van der Waals surface area contributed by atoms with Crippen LogP contribution in [-0.2, 0) is 80.0 Å². The fourth-order valence-electron chi connectivity index (χ4n) is 15.3. The van der Waals surface area contributed by atoms with Crippen LogP contribution in [0.3, 0.4) is 0 Å². The van der Waals surface area contributed by atoms with Crippen LogP contribution in [0.15, 0.2) is 65.9 Å². The maximum Gasteiger partial charge on any atom is 0.246 e. The number of guanidine groups is 1. The molecule has 5 heterocycles. The van der Waals surface area contributed by atoms with Crippen molar-refractivity contribution in [3.63, 3.8) is 0 Å². The Morgan fingerprint density at radius 1 is 0.397 bits per heavy atom. The predicted octanol–water partition coefficient (Wildman–Crippen LogP) is -4.82. The van der Waals surface area contributed by atoms with Gasteiger partial charge in [0.25, 0.3) is 0 Å². The monoisotopic (exact) mass is 1690 g/mol. The van der Waals surface area contributed by atoms with Gasteiger partial charge in [0, 0.05) is 66.7 Å². The molecular weight excluding hydrogens is 1560 g/mol. The molecule has 4 aromatic rings. The van der Waals surface area contributed by atoms with Crippen LogP contribution in [0.2, 0.25) is 0 Å².